The molecule has 0 aliphatic carbocycles. The number of rotatable bonds is 10. The number of hydrogen-bond donors (Lipinski definition) is 5. The Morgan fingerprint density at radius 1 is 0.925 bits per heavy atom. The normalized spacial score (nSPS) is 16.6. The largest absolute Gasteiger partial charge is 0.508 e. The van der Waals surface area contributed by atoms with Gasteiger partial charge in [0.2, 0.25) is 0 Å². The van der Waals surface area contributed by atoms with Crippen LogP contribution in [0, 0.1) is 0 Å². The van der Waals surface area contributed by atoms with Gasteiger partial charge < -0.3 is 36.6 Å². The zero-order valence-corrected chi connectivity index (χ0v) is 25.9. The third-order valence-corrected chi connectivity index (χ3v) is 7.32. The van der Waals surface area contributed by atoms with Crippen molar-refractivity contribution in [1.82, 2.24) is 15.1 Å². The third-order valence-electron chi connectivity index (χ3n) is 6.98. The number of phenols is 2. The summed E-state index contributed by atoms with van der Waals surface area (Å²) < 4.78 is 4.73. The van der Waals surface area contributed by atoms with E-state index in [0.29, 0.717) is 12.0 Å². The van der Waals surface area contributed by atoms with E-state index in [1.807, 2.05) is 24.3 Å². The van der Waals surface area contributed by atoms with E-state index in [4.69, 9.17) is 27.8 Å². The molecule has 9 heteroatoms. The Bertz CT molecular complexity index is 819. The van der Waals surface area contributed by atoms with Crippen LogP contribution in [0.2, 0.25) is 0 Å². The summed E-state index contributed by atoms with van der Waals surface area (Å²) in [4.78, 5) is 4.77. The number of nitrogens with one attached hydrogen (secondary N) is 1. The predicted molar refractivity (Wildman–Crippen MR) is 169 cm³/mol. The van der Waals surface area contributed by atoms with Crippen LogP contribution in [-0.4, -0.2) is 104 Å². The molecule has 2 aromatic rings. The number of hydrogen-bond acceptors (Lipinski definition) is 8. The predicted octanol–water partition coefficient (Wildman–Crippen LogP) is 3.58. The first-order valence-electron chi connectivity index (χ1n) is 14.5. The molecule has 1 unspecified atom stereocenters. The second-order valence-corrected chi connectivity index (χ2v) is 10.7. The van der Waals surface area contributed by atoms with Crippen LogP contribution in [0.3, 0.4) is 0 Å². The number of piperazine rings is 1. The molecule has 0 bridgehead atoms. The molecular weight excluding hydrogens is 526 g/mol. The molecule has 7 N–H and O–H groups in total. The van der Waals surface area contributed by atoms with Gasteiger partial charge >= 0.3 is 0 Å². The molecule has 0 radical (unpaired) electrons. The first kappa shape index (κ1) is 36.1. The first-order valence-corrected chi connectivity index (χ1v) is 15.1. The van der Waals surface area contributed by atoms with Crippen LogP contribution < -0.4 is 16.8 Å². The highest BCUT2D eigenvalue weighted by Crippen LogP contribution is 2.32. The standard InChI is InChI=1S/C15H16O2.C7H18N2.C6H15N3.C3H5ClO/c1-15(2,11-3-7-13(16)8-4-11)12-5-9-14(17)10-6-12;1-3-9(4-2)7-5-6-8;7-1-4-9-5-2-8-3-6-9;4-1-3-2-5-3/h3-10,16-17H,1-2H3;3-8H2,1-2H3;8H,1-7H2;3H,1-2H2. The van der Waals surface area contributed by atoms with E-state index in [1.165, 1.54) is 0 Å². The minimum absolute atomic E-state index is 0.151. The van der Waals surface area contributed by atoms with Crippen LogP contribution in [0.5, 0.6) is 11.5 Å². The monoisotopic (exact) mass is 579 g/mol. The zero-order valence-electron chi connectivity index (χ0n) is 25.1. The summed E-state index contributed by atoms with van der Waals surface area (Å²) in [5, 5.41) is 21.9. The number of alkyl halides is 1. The quantitative estimate of drug-likeness (QED) is 0.214. The van der Waals surface area contributed by atoms with E-state index in [-0.39, 0.29) is 16.9 Å². The summed E-state index contributed by atoms with van der Waals surface area (Å²) in [6.45, 7) is 20.2. The Kier molecular flexibility index (Phi) is 18.9. The SMILES string of the molecule is CC(C)(c1ccc(O)cc1)c1ccc(O)cc1.CCN(CC)CCCN.ClCC1CO1.NCCN1CCNCC1. The van der Waals surface area contributed by atoms with Crippen molar-refractivity contribution in [2.24, 2.45) is 11.5 Å². The van der Waals surface area contributed by atoms with Crippen molar-refractivity contribution in [3.63, 3.8) is 0 Å². The average Bonchev–Trinajstić information content (AvgIpc) is 3.81. The Labute approximate surface area is 247 Å². The summed E-state index contributed by atoms with van der Waals surface area (Å²) in [6, 6.07) is 14.4. The van der Waals surface area contributed by atoms with Crippen LogP contribution in [-0.2, 0) is 10.2 Å². The van der Waals surface area contributed by atoms with Gasteiger partial charge in [0.25, 0.3) is 0 Å². The maximum atomic E-state index is 9.30. The number of ether oxygens (including phenoxy) is 1. The van der Waals surface area contributed by atoms with E-state index >= 15 is 0 Å². The highest BCUT2D eigenvalue weighted by Gasteiger charge is 2.22. The molecular formula is C31H54ClN5O3. The minimum atomic E-state index is -0.151. The van der Waals surface area contributed by atoms with Crippen molar-refractivity contribution in [3.8, 4) is 11.5 Å². The summed E-state index contributed by atoms with van der Waals surface area (Å²) in [5.41, 5.74) is 12.9. The maximum absolute atomic E-state index is 9.30. The lowest BCUT2D eigenvalue weighted by molar-refractivity contribution is 0.247. The molecule has 228 valence electrons. The van der Waals surface area contributed by atoms with E-state index in [1.54, 1.807) is 24.3 Å². The topological polar surface area (TPSA) is 124 Å². The number of nitrogens with zero attached hydrogens (tertiary/aromatic N) is 2. The molecule has 1 atom stereocenters. The van der Waals surface area contributed by atoms with E-state index in [9.17, 15) is 10.2 Å². The number of phenolic OH excluding ortho intramolecular Hbond substituents is 2. The molecule has 0 saturated carbocycles. The Balaban J connectivity index is 0.000000295. The van der Waals surface area contributed by atoms with Gasteiger partial charge in [0.1, 0.15) is 11.5 Å². The fourth-order valence-corrected chi connectivity index (χ4v) is 4.23. The van der Waals surface area contributed by atoms with Crippen molar-refractivity contribution in [2.45, 2.75) is 45.6 Å². The summed E-state index contributed by atoms with van der Waals surface area (Å²) in [5.74, 6) is 1.21. The van der Waals surface area contributed by atoms with E-state index < -0.39 is 0 Å². The Hall–Kier alpha value is -1.91. The van der Waals surface area contributed by atoms with Crippen LogP contribution >= 0.6 is 11.6 Å². The van der Waals surface area contributed by atoms with Crippen molar-refractivity contribution in [1.29, 1.82) is 0 Å². The average molecular weight is 580 g/mol. The lowest BCUT2D eigenvalue weighted by Gasteiger charge is -2.26. The number of nitrogens with two attached hydrogens (primary N) is 2. The van der Waals surface area contributed by atoms with E-state index in [0.717, 1.165) is 89.6 Å². The second kappa shape index (κ2) is 20.9. The smallest absolute Gasteiger partial charge is 0.115 e. The number of aromatic hydroxyl groups is 2. The van der Waals surface area contributed by atoms with Crippen molar-refractivity contribution >= 4 is 11.6 Å². The molecule has 0 amide bonds. The fraction of sp³-hybridized carbons (Fsp3) is 0.613. The van der Waals surface area contributed by atoms with E-state index in [2.05, 4.69) is 42.8 Å². The number of benzene rings is 2. The number of epoxide rings is 1. The minimum Gasteiger partial charge on any atom is -0.508 e. The van der Waals surface area contributed by atoms with Crippen LogP contribution in [0.1, 0.15) is 45.2 Å². The zero-order chi connectivity index (χ0) is 29.8. The van der Waals surface area contributed by atoms with Crippen LogP contribution in [0.15, 0.2) is 48.5 Å². The maximum Gasteiger partial charge on any atom is 0.115 e. The molecule has 2 saturated heterocycles. The molecule has 0 spiro atoms. The Morgan fingerprint density at radius 3 is 1.73 bits per heavy atom. The molecule has 40 heavy (non-hydrogen) atoms. The second-order valence-electron chi connectivity index (χ2n) is 10.4. The van der Waals surface area contributed by atoms with Gasteiger partial charge in [-0.25, -0.2) is 0 Å². The van der Waals surface area contributed by atoms with Gasteiger partial charge in [-0.3, -0.25) is 4.90 Å². The molecule has 2 aliphatic rings. The Morgan fingerprint density at radius 2 is 1.40 bits per heavy atom. The molecule has 4 rings (SSSR count). The van der Waals surface area contributed by atoms with Crippen molar-refractivity contribution in [3.05, 3.63) is 59.7 Å². The van der Waals surface area contributed by atoms with Crippen LogP contribution in [0.25, 0.3) is 0 Å². The van der Waals surface area contributed by atoms with Gasteiger partial charge in [0, 0.05) is 44.7 Å². The third kappa shape index (κ3) is 15.2. The molecule has 2 heterocycles. The van der Waals surface area contributed by atoms with Crippen molar-refractivity contribution in [2.75, 3.05) is 77.9 Å². The summed E-state index contributed by atoms with van der Waals surface area (Å²) in [7, 11) is 0. The fourth-order valence-electron chi connectivity index (χ4n) is 4.05. The lowest BCUT2D eigenvalue weighted by Crippen LogP contribution is -2.45. The van der Waals surface area contributed by atoms with Crippen LogP contribution in [0.4, 0.5) is 0 Å². The summed E-state index contributed by atoms with van der Waals surface area (Å²) >= 11 is 5.27. The molecule has 2 aromatic carbocycles. The van der Waals surface area contributed by atoms with Gasteiger partial charge in [0.05, 0.1) is 18.6 Å². The highest BCUT2D eigenvalue weighted by molar-refractivity contribution is 6.18. The molecule has 2 aliphatic heterocycles. The van der Waals surface area contributed by atoms with Gasteiger partial charge in [-0.05, 0) is 68.0 Å². The van der Waals surface area contributed by atoms with Gasteiger partial charge in [0.15, 0.2) is 0 Å². The lowest BCUT2D eigenvalue weighted by atomic mass is 9.78. The molecule has 8 nitrogen and oxygen atoms in total. The first-order chi connectivity index (χ1) is 19.2. The number of halogens is 1. The molecule has 0 aromatic heterocycles. The van der Waals surface area contributed by atoms with Crippen molar-refractivity contribution < 1.29 is 14.9 Å². The molecule has 2 fully saturated rings. The van der Waals surface area contributed by atoms with Gasteiger partial charge in [-0.15, -0.1) is 11.6 Å². The van der Waals surface area contributed by atoms with Gasteiger partial charge in [-0.1, -0.05) is 52.0 Å². The van der Waals surface area contributed by atoms with Gasteiger partial charge in [-0.2, -0.15) is 0 Å². The highest BCUT2D eigenvalue weighted by atomic mass is 35.5. The summed E-state index contributed by atoms with van der Waals surface area (Å²) in [6.07, 6.45) is 1.53.